The smallest absolute Gasteiger partial charge is 0.296 e. The number of rotatable bonds is 5. The average molecular weight is 545 g/mol. The van der Waals surface area contributed by atoms with Gasteiger partial charge >= 0.3 is 0 Å². The zero-order valence-corrected chi connectivity index (χ0v) is 21.2. The Balaban J connectivity index is 1.24. The molecule has 0 aliphatic carbocycles. The van der Waals surface area contributed by atoms with Crippen molar-refractivity contribution in [3.63, 3.8) is 0 Å². The van der Waals surface area contributed by atoms with Crippen LogP contribution in [0.4, 0.5) is 15.8 Å². The number of nitrogens with two attached hydrogens (primary N) is 1. The Hall–Kier alpha value is -4.57. The molecule has 1 amide bonds. The number of aromatic nitrogens is 3. The first-order chi connectivity index (χ1) is 18.8. The molecular formula is C28H22ClFN6O3. The molecule has 0 saturated carbocycles. The monoisotopic (exact) mass is 544 g/mol. The number of nitrogens with one attached hydrogen (secondary N) is 1. The fourth-order valence-electron chi connectivity index (χ4n) is 5.57. The number of pyridine rings is 1. The van der Waals surface area contributed by atoms with E-state index in [0.29, 0.717) is 29.1 Å². The maximum absolute atomic E-state index is 14.8. The molecule has 39 heavy (non-hydrogen) atoms. The molecule has 0 bridgehead atoms. The minimum Gasteiger partial charge on any atom is -0.398 e. The molecule has 3 N–H and O–H groups in total. The number of imidazole rings is 1. The van der Waals surface area contributed by atoms with Gasteiger partial charge in [0, 0.05) is 41.3 Å². The second kappa shape index (κ2) is 9.63. The summed E-state index contributed by atoms with van der Waals surface area (Å²) in [7, 11) is 0. The van der Waals surface area contributed by atoms with Gasteiger partial charge in [-0.3, -0.25) is 19.9 Å². The van der Waals surface area contributed by atoms with E-state index in [1.54, 1.807) is 18.3 Å². The number of fused-ring (bicyclic) bond motifs is 1. The van der Waals surface area contributed by atoms with Crippen molar-refractivity contribution < 1.29 is 14.1 Å². The second-order valence-corrected chi connectivity index (χ2v) is 10.0. The lowest BCUT2D eigenvalue weighted by molar-refractivity contribution is -0.384. The number of carbonyl (C=O) groups is 1. The van der Waals surface area contributed by atoms with Crippen molar-refractivity contribution in [3.05, 3.63) is 99.2 Å². The first kappa shape index (κ1) is 24.7. The number of aromatic amines is 1. The van der Waals surface area contributed by atoms with E-state index in [2.05, 4.69) is 15.0 Å². The molecule has 2 aliphatic heterocycles. The third-order valence-corrected chi connectivity index (χ3v) is 7.67. The Labute approximate surface area is 227 Å². The number of halogens is 2. The van der Waals surface area contributed by atoms with Crippen LogP contribution in [0.15, 0.2) is 67.1 Å². The van der Waals surface area contributed by atoms with Crippen LogP contribution in [-0.4, -0.2) is 36.7 Å². The highest BCUT2D eigenvalue weighted by Gasteiger charge is 2.40. The summed E-state index contributed by atoms with van der Waals surface area (Å²) in [5.41, 5.74) is 9.55. The Kier molecular flexibility index (Phi) is 6.11. The van der Waals surface area contributed by atoms with Gasteiger partial charge in [-0.15, -0.1) is 0 Å². The summed E-state index contributed by atoms with van der Waals surface area (Å²) in [4.78, 5) is 37.4. The van der Waals surface area contributed by atoms with Crippen molar-refractivity contribution in [1.82, 2.24) is 19.9 Å². The number of nitrogen functional groups attached to an aromatic ring is 1. The second-order valence-electron chi connectivity index (χ2n) is 9.60. The van der Waals surface area contributed by atoms with Gasteiger partial charge in [0.1, 0.15) is 12.0 Å². The van der Waals surface area contributed by atoms with Crippen LogP contribution in [0.3, 0.4) is 0 Å². The first-order valence-corrected chi connectivity index (χ1v) is 12.7. The van der Waals surface area contributed by atoms with Crippen LogP contribution in [0, 0.1) is 15.9 Å². The number of amides is 1. The third kappa shape index (κ3) is 4.32. The number of nitrogens with zero attached hydrogens (tertiary/aromatic N) is 4. The topological polar surface area (TPSA) is 131 Å². The highest BCUT2D eigenvalue weighted by molar-refractivity contribution is 6.31. The van der Waals surface area contributed by atoms with Crippen LogP contribution in [0.1, 0.15) is 36.4 Å². The zero-order valence-electron chi connectivity index (χ0n) is 20.5. The first-order valence-electron chi connectivity index (χ1n) is 12.3. The van der Waals surface area contributed by atoms with E-state index in [0.717, 1.165) is 24.0 Å². The number of nitro groups is 1. The number of hydrogen-bond donors (Lipinski definition) is 2. The fourth-order valence-corrected chi connectivity index (χ4v) is 5.72. The number of H-pyrrole nitrogens is 1. The number of benzene rings is 2. The molecule has 4 aromatic rings. The molecule has 0 spiro atoms. The summed E-state index contributed by atoms with van der Waals surface area (Å²) in [5.74, 6) is -0.218. The predicted octanol–water partition coefficient (Wildman–Crippen LogP) is 5.94. The Morgan fingerprint density at radius 2 is 1.95 bits per heavy atom. The van der Waals surface area contributed by atoms with Gasteiger partial charge in [0.15, 0.2) is 5.82 Å². The molecule has 2 aromatic carbocycles. The van der Waals surface area contributed by atoms with Crippen LogP contribution >= 0.6 is 11.6 Å². The molecule has 1 unspecified atom stereocenters. The molecule has 2 atom stereocenters. The molecule has 6 rings (SSSR count). The molecule has 0 radical (unpaired) electrons. The Bertz CT molecular complexity index is 1650. The molecule has 2 aromatic heterocycles. The minimum atomic E-state index is -0.603. The van der Waals surface area contributed by atoms with Gasteiger partial charge in [-0.2, -0.15) is 0 Å². The highest BCUT2D eigenvalue weighted by Crippen LogP contribution is 2.44. The van der Waals surface area contributed by atoms with Crippen LogP contribution in [0.5, 0.6) is 0 Å². The summed E-state index contributed by atoms with van der Waals surface area (Å²) in [6, 6.07) is 12.1. The van der Waals surface area contributed by atoms with Crippen molar-refractivity contribution >= 4 is 34.5 Å². The molecule has 196 valence electrons. The van der Waals surface area contributed by atoms with Gasteiger partial charge in [-0.25, -0.2) is 9.37 Å². The number of carbonyl (C=O) groups excluding carboxylic acids is 1. The van der Waals surface area contributed by atoms with Gasteiger partial charge < -0.3 is 15.6 Å². The largest absolute Gasteiger partial charge is 0.398 e. The summed E-state index contributed by atoms with van der Waals surface area (Å²) in [6.45, 7) is 0. The van der Waals surface area contributed by atoms with E-state index in [-0.39, 0.29) is 40.0 Å². The normalized spacial score (nSPS) is 18.7. The van der Waals surface area contributed by atoms with E-state index in [9.17, 15) is 19.3 Å². The Morgan fingerprint density at radius 3 is 2.72 bits per heavy atom. The Morgan fingerprint density at radius 1 is 1.15 bits per heavy atom. The van der Waals surface area contributed by atoms with E-state index in [1.807, 2.05) is 29.2 Å². The zero-order chi connectivity index (χ0) is 27.3. The molecule has 1 fully saturated rings. The average Bonchev–Trinajstić information content (AvgIpc) is 3.59. The number of hydrogen-bond acceptors (Lipinski definition) is 6. The summed E-state index contributed by atoms with van der Waals surface area (Å²) in [5, 5.41) is 11.3. The van der Waals surface area contributed by atoms with Crippen LogP contribution in [-0.2, 0) is 4.79 Å². The summed E-state index contributed by atoms with van der Waals surface area (Å²) < 4.78 is 14.8. The van der Waals surface area contributed by atoms with Crippen LogP contribution in [0.2, 0.25) is 5.02 Å². The van der Waals surface area contributed by atoms with Gasteiger partial charge in [0.2, 0.25) is 5.91 Å². The number of anilines is 1. The lowest BCUT2D eigenvalue weighted by Crippen LogP contribution is -2.39. The van der Waals surface area contributed by atoms with Crippen molar-refractivity contribution in [3.8, 4) is 22.6 Å². The van der Waals surface area contributed by atoms with Crippen molar-refractivity contribution in [2.75, 3.05) is 5.73 Å². The maximum Gasteiger partial charge on any atom is 0.296 e. The minimum absolute atomic E-state index is 0.0259. The van der Waals surface area contributed by atoms with Crippen molar-refractivity contribution in [1.29, 1.82) is 0 Å². The summed E-state index contributed by atoms with van der Waals surface area (Å²) >= 11 is 5.98. The molecule has 4 heterocycles. The fraction of sp³-hybridized carbons (Fsp3) is 0.179. The molecule has 1 saturated heterocycles. The standard InChI is InChI=1S/C28H22ClFN6O3/c29-20-6-7-21(31)26(27(20)30)17-11-18-5-8-23(35(18)25(37)12-17)15-1-3-16(4-2-15)28-33-13-22(34-28)19-9-10-32-14-24(19)36(38)39/h1-4,6-7,9-10,12-14,18,23H,5,8,11,31H2,(H,33,34)/t18?,23-/m0/s1. The highest BCUT2D eigenvalue weighted by atomic mass is 35.5. The van der Waals surface area contributed by atoms with Crippen LogP contribution < -0.4 is 5.73 Å². The van der Waals surface area contributed by atoms with Crippen molar-refractivity contribution in [2.45, 2.75) is 31.3 Å². The quantitative estimate of drug-likeness (QED) is 0.181. The maximum atomic E-state index is 14.8. The lowest BCUT2D eigenvalue weighted by atomic mass is 9.92. The summed E-state index contributed by atoms with van der Waals surface area (Å²) in [6.07, 6.45) is 7.84. The SMILES string of the molecule is Nc1ccc(Cl)c(F)c1C1=CC(=O)N2C(CC[C@H]2c2ccc(-c3nc(-c4ccncc4[N+](=O)[O-])c[nH]3)cc2)C1. The lowest BCUT2D eigenvalue weighted by Gasteiger charge is -2.34. The predicted molar refractivity (Wildman–Crippen MR) is 145 cm³/mol. The van der Waals surface area contributed by atoms with Crippen LogP contribution in [0.25, 0.3) is 28.2 Å². The van der Waals surface area contributed by atoms with E-state index < -0.39 is 10.7 Å². The third-order valence-electron chi connectivity index (χ3n) is 7.38. The van der Waals surface area contributed by atoms with Gasteiger partial charge in [0.25, 0.3) is 5.69 Å². The molecule has 9 nitrogen and oxygen atoms in total. The van der Waals surface area contributed by atoms with E-state index in [4.69, 9.17) is 17.3 Å². The van der Waals surface area contributed by atoms with E-state index in [1.165, 1.54) is 24.5 Å². The van der Waals surface area contributed by atoms with Crippen molar-refractivity contribution in [2.24, 2.45) is 0 Å². The van der Waals surface area contributed by atoms with Gasteiger partial charge in [-0.05, 0) is 48.6 Å². The van der Waals surface area contributed by atoms with Gasteiger partial charge in [-0.1, -0.05) is 35.9 Å². The molecule has 11 heteroatoms. The van der Waals surface area contributed by atoms with E-state index >= 15 is 0 Å². The molecular weight excluding hydrogens is 523 g/mol. The molecule has 2 aliphatic rings. The van der Waals surface area contributed by atoms with Gasteiger partial charge in [0.05, 0.1) is 27.2 Å².